The lowest BCUT2D eigenvalue weighted by Gasteiger charge is -2.25. The molecule has 0 unspecified atom stereocenters. The normalized spacial score (nSPS) is 14.3. The summed E-state index contributed by atoms with van der Waals surface area (Å²) in [6, 6.07) is 23.9. The molecule has 160 valence electrons. The fraction of sp³-hybridized carbons (Fsp3) is 0.269. The van der Waals surface area contributed by atoms with Gasteiger partial charge in [0.05, 0.1) is 11.0 Å². The molecular formula is C26H25Br2NO2. The molecule has 0 aliphatic heterocycles. The zero-order valence-electron chi connectivity index (χ0n) is 17.3. The Hall–Kier alpha value is -2.11. The van der Waals surface area contributed by atoms with Crippen LogP contribution in [0.3, 0.4) is 0 Å². The van der Waals surface area contributed by atoms with E-state index in [1.165, 1.54) is 37.7 Å². The first kappa shape index (κ1) is 22.1. The van der Waals surface area contributed by atoms with Gasteiger partial charge in [0.25, 0.3) is 0 Å². The highest BCUT2D eigenvalue weighted by Gasteiger charge is 2.21. The van der Waals surface area contributed by atoms with Gasteiger partial charge in [-0.05, 0) is 76.1 Å². The first-order valence-corrected chi connectivity index (χ1v) is 12.3. The Morgan fingerprint density at radius 2 is 1.61 bits per heavy atom. The third-order valence-electron chi connectivity index (χ3n) is 5.78. The molecule has 31 heavy (non-hydrogen) atoms. The van der Waals surface area contributed by atoms with Gasteiger partial charge < -0.3 is 4.74 Å². The summed E-state index contributed by atoms with van der Waals surface area (Å²) in [6.07, 6.45) is 6.07. The van der Waals surface area contributed by atoms with Crippen LogP contribution in [0.1, 0.15) is 49.1 Å². The lowest BCUT2D eigenvalue weighted by Crippen LogP contribution is -2.33. The Kier molecular flexibility index (Phi) is 7.46. The number of hydrogen-bond donors (Lipinski definition) is 0. The van der Waals surface area contributed by atoms with Crippen molar-refractivity contribution in [2.45, 2.75) is 44.6 Å². The van der Waals surface area contributed by atoms with Crippen LogP contribution in [0.5, 0.6) is 5.75 Å². The van der Waals surface area contributed by atoms with Gasteiger partial charge in [-0.15, -0.1) is 0 Å². The number of benzene rings is 3. The molecule has 0 saturated heterocycles. The average Bonchev–Trinajstić information content (AvgIpc) is 2.81. The fourth-order valence-electron chi connectivity index (χ4n) is 4.10. The van der Waals surface area contributed by atoms with Gasteiger partial charge in [0.2, 0.25) is 0 Å². The van der Waals surface area contributed by atoms with Crippen molar-refractivity contribution in [3.8, 4) is 5.75 Å². The monoisotopic (exact) mass is 541 g/mol. The van der Waals surface area contributed by atoms with Crippen LogP contribution in [0.25, 0.3) is 0 Å². The van der Waals surface area contributed by atoms with E-state index < -0.39 is 6.09 Å². The Morgan fingerprint density at radius 3 is 2.29 bits per heavy atom. The highest BCUT2D eigenvalue weighted by atomic mass is 79.9. The van der Waals surface area contributed by atoms with Crippen LogP contribution >= 0.6 is 31.9 Å². The molecule has 1 fully saturated rings. The van der Waals surface area contributed by atoms with Crippen LogP contribution in [0.15, 0.2) is 81.7 Å². The second-order valence-corrected chi connectivity index (χ2v) is 9.71. The van der Waals surface area contributed by atoms with Gasteiger partial charge in [0.1, 0.15) is 5.75 Å². The van der Waals surface area contributed by atoms with Crippen molar-refractivity contribution in [2.75, 3.05) is 4.90 Å². The third kappa shape index (κ3) is 5.78. The van der Waals surface area contributed by atoms with Crippen molar-refractivity contribution >= 4 is 43.6 Å². The van der Waals surface area contributed by atoms with Gasteiger partial charge in [-0.25, -0.2) is 4.79 Å². The standard InChI is InChI=1S/C26H25Br2NO2/c27-22-13-16-25(24(28)17-22)31-26(30)29(18-19-7-3-1-4-8-19)23-14-11-21(12-15-23)20-9-5-2-6-10-20/h1,3-4,7-8,11-17,20H,2,5-6,9-10,18H2. The minimum Gasteiger partial charge on any atom is -0.409 e. The van der Waals surface area contributed by atoms with Crippen LogP contribution in [-0.4, -0.2) is 6.09 Å². The van der Waals surface area contributed by atoms with Crippen molar-refractivity contribution in [2.24, 2.45) is 0 Å². The van der Waals surface area contributed by atoms with Gasteiger partial charge in [0, 0.05) is 10.2 Å². The average molecular weight is 543 g/mol. The molecule has 0 spiro atoms. The summed E-state index contributed by atoms with van der Waals surface area (Å²) in [6.45, 7) is 0.441. The molecular weight excluding hydrogens is 518 g/mol. The number of anilines is 1. The smallest absolute Gasteiger partial charge is 0.409 e. The third-order valence-corrected chi connectivity index (χ3v) is 6.89. The van der Waals surface area contributed by atoms with Crippen LogP contribution in [0.2, 0.25) is 0 Å². The van der Waals surface area contributed by atoms with Gasteiger partial charge in [0.15, 0.2) is 0 Å². The zero-order valence-corrected chi connectivity index (χ0v) is 20.4. The van der Waals surface area contributed by atoms with Crippen molar-refractivity contribution in [3.05, 3.63) is 92.9 Å². The fourth-order valence-corrected chi connectivity index (χ4v) is 5.22. The quantitative estimate of drug-likeness (QED) is 0.323. The number of carbonyl (C=O) groups is 1. The second kappa shape index (κ2) is 10.5. The van der Waals surface area contributed by atoms with Crippen LogP contribution in [0, 0.1) is 0 Å². The predicted octanol–water partition coefficient (Wildman–Crippen LogP) is 8.46. The summed E-state index contributed by atoms with van der Waals surface area (Å²) in [4.78, 5) is 14.9. The van der Waals surface area contributed by atoms with Crippen LogP contribution in [0.4, 0.5) is 10.5 Å². The number of nitrogens with zero attached hydrogens (tertiary/aromatic N) is 1. The molecule has 4 rings (SSSR count). The molecule has 0 bridgehead atoms. The maximum Gasteiger partial charge on any atom is 0.420 e. The Bertz CT molecular complexity index is 1020. The molecule has 5 heteroatoms. The molecule has 1 aliphatic rings. The zero-order chi connectivity index (χ0) is 21.6. The number of ether oxygens (including phenoxy) is 1. The maximum absolute atomic E-state index is 13.2. The van der Waals surface area contributed by atoms with Gasteiger partial charge in [-0.3, -0.25) is 4.90 Å². The molecule has 3 aromatic rings. The molecule has 0 aromatic heterocycles. The topological polar surface area (TPSA) is 29.5 Å². The first-order chi connectivity index (χ1) is 15.1. The van der Waals surface area contributed by atoms with E-state index in [-0.39, 0.29) is 0 Å². The van der Waals surface area contributed by atoms with E-state index in [1.807, 2.05) is 54.6 Å². The van der Waals surface area contributed by atoms with E-state index in [4.69, 9.17) is 4.74 Å². The van der Waals surface area contributed by atoms with E-state index in [2.05, 4.69) is 44.0 Å². The largest absolute Gasteiger partial charge is 0.420 e. The Labute approximate surface area is 200 Å². The van der Waals surface area contributed by atoms with Crippen molar-refractivity contribution in [3.63, 3.8) is 0 Å². The van der Waals surface area contributed by atoms with E-state index in [0.29, 0.717) is 18.2 Å². The van der Waals surface area contributed by atoms with E-state index >= 15 is 0 Å². The highest BCUT2D eigenvalue weighted by molar-refractivity contribution is 9.11. The molecule has 0 atom stereocenters. The Balaban J connectivity index is 1.58. The molecule has 3 aromatic carbocycles. The van der Waals surface area contributed by atoms with Crippen LogP contribution < -0.4 is 9.64 Å². The first-order valence-electron chi connectivity index (χ1n) is 10.7. The van der Waals surface area contributed by atoms with Crippen molar-refractivity contribution < 1.29 is 9.53 Å². The minimum absolute atomic E-state index is 0.405. The summed E-state index contributed by atoms with van der Waals surface area (Å²) < 4.78 is 7.39. The van der Waals surface area contributed by atoms with E-state index in [0.717, 1.165) is 20.2 Å². The minimum atomic E-state index is -0.405. The number of hydrogen-bond acceptors (Lipinski definition) is 2. The molecule has 0 radical (unpaired) electrons. The summed E-state index contributed by atoms with van der Waals surface area (Å²) in [7, 11) is 0. The molecule has 3 nitrogen and oxygen atoms in total. The lowest BCUT2D eigenvalue weighted by molar-refractivity contribution is 0.207. The molecule has 0 N–H and O–H groups in total. The number of amides is 1. The summed E-state index contributed by atoms with van der Waals surface area (Å²) >= 11 is 6.91. The number of carbonyl (C=O) groups excluding carboxylic acids is 1. The highest BCUT2D eigenvalue weighted by Crippen LogP contribution is 2.34. The lowest BCUT2D eigenvalue weighted by atomic mass is 9.84. The summed E-state index contributed by atoms with van der Waals surface area (Å²) in [5, 5.41) is 0. The van der Waals surface area contributed by atoms with Gasteiger partial charge in [-0.2, -0.15) is 0 Å². The van der Waals surface area contributed by atoms with E-state index in [1.54, 1.807) is 11.0 Å². The van der Waals surface area contributed by atoms with Gasteiger partial charge in [-0.1, -0.05) is 77.7 Å². The number of rotatable bonds is 5. The summed E-state index contributed by atoms with van der Waals surface area (Å²) in [5.41, 5.74) is 3.25. The summed E-state index contributed by atoms with van der Waals surface area (Å²) in [5.74, 6) is 1.13. The molecule has 1 aliphatic carbocycles. The van der Waals surface area contributed by atoms with Crippen LogP contribution in [-0.2, 0) is 6.54 Å². The molecule has 0 heterocycles. The second-order valence-electron chi connectivity index (χ2n) is 7.94. The van der Waals surface area contributed by atoms with Gasteiger partial charge >= 0.3 is 6.09 Å². The van der Waals surface area contributed by atoms with Crippen molar-refractivity contribution in [1.82, 2.24) is 0 Å². The number of halogens is 2. The predicted molar refractivity (Wildman–Crippen MR) is 133 cm³/mol. The van der Waals surface area contributed by atoms with E-state index in [9.17, 15) is 4.79 Å². The SMILES string of the molecule is O=C(Oc1ccc(Br)cc1Br)N(Cc1ccccc1)c1ccc(C2CCCCC2)cc1. The maximum atomic E-state index is 13.2. The van der Waals surface area contributed by atoms with Crippen molar-refractivity contribution in [1.29, 1.82) is 0 Å². The Morgan fingerprint density at radius 1 is 0.903 bits per heavy atom. The molecule has 1 saturated carbocycles. The molecule has 1 amide bonds.